The molecule has 2 aromatic carbocycles. The summed E-state index contributed by atoms with van der Waals surface area (Å²) < 4.78 is 11.2. The highest BCUT2D eigenvalue weighted by molar-refractivity contribution is 5.97. The van der Waals surface area contributed by atoms with E-state index in [0.29, 0.717) is 48.4 Å². The fourth-order valence-electron chi connectivity index (χ4n) is 3.23. The number of ether oxygens (including phenoxy) is 1. The first-order chi connectivity index (χ1) is 13.2. The van der Waals surface area contributed by atoms with Crippen LogP contribution in [0.4, 0.5) is 5.88 Å². The summed E-state index contributed by atoms with van der Waals surface area (Å²) in [5.74, 6) is -0.0318. The van der Waals surface area contributed by atoms with E-state index in [-0.39, 0.29) is 23.8 Å². The van der Waals surface area contributed by atoms with E-state index < -0.39 is 0 Å². The van der Waals surface area contributed by atoms with Gasteiger partial charge in [-0.3, -0.25) is 19.8 Å². The van der Waals surface area contributed by atoms with Crippen molar-refractivity contribution in [2.24, 2.45) is 0 Å². The van der Waals surface area contributed by atoms with Crippen LogP contribution in [0.3, 0.4) is 0 Å². The van der Waals surface area contributed by atoms with Crippen molar-refractivity contribution < 1.29 is 13.9 Å². The van der Waals surface area contributed by atoms with Crippen molar-refractivity contribution in [2.75, 3.05) is 38.2 Å². The first-order valence-electron chi connectivity index (χ1n) is 8.93. The predicted molar refractivity (Wildman–Crippen MR) is 104 cm³/mol. The molecule has 6 heteroatoms. The lowest BCUT2D eigenvalue weighted by atomic mass is 10.0. The van der Waals surface area contributed by atoms with Crippen LogP contribution >= 0.6 is 0 Å². The second-order valence-electron chi connectivity index (χ2n) is 6.43. The molecule has 0 radical (unpaired) electrons. The highest BCUT2D eigenvalue weighted by atomic mass is 16.5. The summed E-state index contributed by atoms with van der Waals surface area (Å²) in [6.07, 6.45) is 0. The number of anilines is 1. The van der Waals surface area contributed by atoms with E-state index in [9.17, 15) is 9.59 Å². The zero-order chi connectivity index (χ0) is 18.6. The Hall–Kier alpha value is -2.96. The van der Waals surface area contributed by atoms with Gasteiger partial charge >= 0.3 is 0 Å². The summed E-state index contributed by atoms with van der Waals surface area (Å²) in [4.78, 5) is 27.7. The van der Waals surface area contributed by atoms with Crippen LogP contribution in [0.1, 0.15) is 0 Å². The minimum Gasteiger partial charge on any atom is -0.439 e. The predicted octanol–water partition coefficient (Wildman–Crippen LogP) is 2.73. The minimum atomic E-state index is -0.215. The zero-order valence-corrected chi connectivity index (χ0v) is 14.8. The van der Waals surface area contributed by atoms with Crippen molar-refractivity contribution in [2.45, 2.75) is 0 Å². The molecule has 2 heterocycles. The summed E-state index contributed by atoms with van der Waals surface area (Å²) >= 11 is 0. The molecule has 0 spiro atoms. The molecule has 0 atom stereocenters. The Bertz CT molecular complexity index is 1010. The lowest BCUT2D eigenvalue weighted by Crippen LogP contribution is -2.41. The number of hydrogen-bond acceptors (Lipinski definition) is 5. The van der Waals surface area contributed by atoms with Crippen molar-refractivity contribution >= 4 is 22.8 Å². The number of carbonyl (C=O) groups excluding carboxylic acids is 1. The van der Waals surface area contributed by atoms with Crippen LogP contribution in [0.2, 0.25) is 0 Å². The Balaban J connectivity index is 1.72. The molecule has 0 aliphatic carbocycles. The molecule has 1 N–H and O–H groups in total. The van der Waals surface area contributed by atoms with E-state index in [1.807, 2.05) is 35.2 Å². The highest BCUT2D eigenvalue weighted by Gasteiger charge is 2.20. The van der Waals surface area contributed by atoms with E-state index in [1.165, 1.54) is 0 Å². The average Bonchev–Trinajstić information content (AvgIpc) is 2.69. The summed E-state index contributed by atoms with van der Waals surface area (Å²) in [6.45, 7) is 2.89. The van der Waals surface area contributed by atoms with Crippen molar-refractivity contribution in [3.05, 3.63) is 64.8 Å². The van der Waals surface area contributed by atoms with Crippen LogP contribution < -0.4 is 10.7 Å². The van der Waals surface area contributed by atoms with Gasteiger partial charge in [-0.1, -0.05) is 42.5 Å². The number of nitrogens with one attached hydrogen (secondary N) is 1. The maximum Gasteiger partial charge on any atom is 0.240 e. The molecule has 3 aromatic rings. The standard InChI is InChI=1S/C21H20N2O4/c24-18(14-23-10-12-26-13-11-23)22-21-19(15-6-2-1-3-7-15)20(25)16-8-4-5-9-17(16)27-21/h1-9H,10-14H2,(H,22,24). The van der Waals surface area contributed by atoms with Gasteiger partial charge in [-0.05, 0) is 17.7 Å². The molecule has 0 unspecified atom stereocenters. The lowest BCUT2D eigenvalue weighted by molar-refractivity contribution is -0.118. The van der Waals surface area contributed by atoms with Crippen LogP contribution in [0.5, 0.6) is 0 Å². The summed E-state index contributed by atoms with van der Waals surface area (Å²) in [5.41, 5.74) is 1.36. The summed E-state index contributed by atoms with van der Waals surface area (Å²) in [5, 5.41) is 3.29. The van der Waals surface area contributed by atoms with E-state index >= 15 is 0 Å². The maximum atomic E-state index is 13.1. The number of carbonyl (C=O) groups is 1. The molecule has 4 rings (SSSR count). The van der Waals surface area contributed by atoms with Gasteiger partial charge in [0.15, 0.2) is 0 Å². The molecular formula is C21H20N2O4. The molecule has 1 saturated heterocycles. The van der Waals surface area contributed by atoms with E-state index in [4.69, 9.17) is 9.15 Å². The Morgan fingerprint density at radius 2 is 1.70 bits per heavy atom. The number of hydrogen-bond donors (Lipinski definition) is 1. The highest BCUT2D eigenvalue weighted by Crippen LogP contribution is 2.28. The topological polar surface area (TPSA) is 71.8 Å². The quantitative estimate of drug-likeness (QED) is 0.771. The number of morpholine rings is 1. The molecule has 1 amide bonds. The van der Waals surface area contributed by atoms with Gasteiger partial charge in [0, 0.05) is 13.1 Å². The Morgan fingerprint density at radius 3 is 2.48 bits per heavy atom. The number of fused-ring (bicyclic) bond motifs is 1. The smallest absolute Gasteiger partial charge is 0.240 e. The number of para-hydroxylation sites is 1. The van der Waals surface area contributed by atoms with Crippen LogP contribution in [-0.2, 0) is 9.53 Å². The van der Waals surface area contributed by atoms with E-state index in [2.05, 4.69) is 5.32 Å². The molecule has 1 aromatic heterocycles. The number of rotatable bonds is 4. The van der Waals surface area contributed by atoms with Gasteiger partial charge in [0.1, 0.15) is 5.58 Å². The van der Waals surface area contributed by atoms with Crippen molar-refractivity contribution in [3.8, 4) is 11.1 Å². The molecule has 1 aliphatic rings. The van der Waals surface area contributed by atoms with Crippen molar-refractivity contribution in [1.29, 1.82) is 0 Å². The normalized spacial score (nSPS) is 15.0. The third kappa shape index (κ3) is 3.77. The Kier molecular flexibility index (Phi) is 5.00. The number of benzene rings is 2. The molecular weight excluding hydrogens is 344 g/mol. The fraction of sp³-hybridized carbons (Fsp3) is 0.238. The number of amides is 1. The van der Waals surface area contributed by atoms with Gasteiger partial charge in [-0.25, -0.2) is 0 Å². The second-order valence-corrected chi connectivity index (χ2v) is 6.43. The summed E-state index contributed by atoms with van der Waals surface area (Å²) in [7, 11) is 0. The lowest BCUT2D eigenvalue weighted by Gasteiger charge is -2.25. The Labute approximate surface area is 156 Å². The third-order valence-electron chi connectivity index (χ3n) is 4.58. The molecule has 138 valence electrons. The zero-order valence-electron chi connectivity index (χ0n) is 14.8. The maximum absolute atomic E-state index is 13.1. The Morgan fingerprint density at radius 1 is 1.00 bits per heavy atom. The first kappa shape index (κ1) is 17.5. The summed E-state index contributed by atoms with van der Waals surface area (Å²) in [6, 6.07) is 16.3. The molecule has 0 saturated carbocycles. The largest absolute Gasteiger partial charge is 0.439 e. The molecule has 1 aliphatic heterocycles. The molecule has 6 nitrogen and oxygen atoms in total. The van der Waals surface area contributed by atoms with E-state index in [1.54, 1.807) is 24.3 Å². The molecule has 27 heavy (non-hydrogen) atoms. The molecule has 1 fully saturated rings. The van der Waals surface area contributed by atoms with Gasteiger partial charge in [-0.2, -0.15) is 0 Å². The average molecular weight is 364 g/mol. The third-order valence-corrected chi connectivity index (χ3v) is 4.58. The van der Waals surface area contributed by atoms with Crippen LogP contribution in [0.25, 0.3) is 22.1 Å². The van der Waals surface area contributed by atoms with Crippen LogP contribution in [-0.4, -0.2) is 43.7 Å². The molecule has 0 bridgehead atoms. The van der Waals surface area contributed by atoms with Gasteiger partial charge in [0.05, 0.1) is 30.7 Å². The second kappa shape index (κ2) is 7.73. The minimum absolute atomic E-state index is 0.162. The van der Waals surface area contributed by atoms with Crippen LogP contribution in [0.15, 0.2) is 63.8 Å². The monoisotopic (exact) mass is 364 g/mol. The van der Waals surface area contributed by atoms with Crippen LogP contribution in [0, 0.1) is 0 Å². The van der Waals surface area contributed by atoms with E-state index in [0.717, 1.165) is 0 Å². The van der Waals surface area contributed by atoms with Gasteiger partial charge in [0.2, 0.25) is 17.2 Å². The SMILES string of the molecule is O=C(CN1CCOCC1)Nc1oc2ccccc2c(=O)c1-c1ccccc1. The van der Waals surface area contributed by atoms with Crippen molar-refractivity contribution in [3.63, 3.8) is 0 Å². The van der Waals surface area contributed by atoms with Gasteiger partial charge in [-0.15, -0.1) is 0 Å². The van der Waals surface area contributed by atoms with Gasteiger partial charge < -0.3 is 9.15 Å². The fourth-order valence-corrected chi connectivity index (χ4v) is 3.23. The van der Waals surface area contributed by atoms with Crippen molar-refractivity contribution in [1.82, 2.24) is 4.90 Å². The van der Waals surface area contributed by atoms with Gasteiger partial charge in [0.25, 0.3) is 0 Å². The number of nitrogens with zero attached hydrogens (tertiary/aromatic N) is 1. The first-order valence-corrected chi connectivity index (χ1v) is 8.93.